The predicted octanol–water partition coefficient (Wildman–Crippen LogP) is 0.327. The van der Waals surface area contributed by atoms with Crippen LogP contribution in [0.1, 0.15) is 11.4 Å². The number of oxime groups is 1. The van der Waals surface area contributed by atoms with E-state index in [1.807, 2.05) is 25.3 Å². The molecular formula is C9H11N5O. The molecule has 15 heavy (non-hydrogen) atoms. The highest BCUT2D eigenvalue weighted by Crippen LogP contribution is 2.05. The van der Waals surface area contributed by atoms with E-state index in [0.29, 0.717) is 6.42 Å². The molecule has 0 aliphatic heterocycles. The molecule has 0 amide bonds. The second-order valence-corrected chi connectivity index (χ2v) is 3.27. The number of pyridine rings is 1. The molecule has 0 fully saturated rings. The number of hydrogen-bond donors (Lipinski definition) is 2. The number of aryl methyl sites for hydroxylation is 1. The van der Waals surface area contributed by atoms with E-state index < -0.39 is 0 Å². The highest BCUT2D eigenvalue weighted by molar-refractivity contribution is 5.81. The minimum atomic E-state index is 0.172. The first-order valence-electron chi connectivity index (χ1n) is 4.47. The van der Waals surface area contributed by atoms with Crippen LogP contribution in [-0.4, -0.2) is 25.6 Å². The number of amidine groups is 1. The van der Waals surface area contributed by atoms with Crippen molar-refractivity contribution < 1.29 is 5.21 Å². The standard InChI is InChI=1S/C9H11N5O/c1-6-11-9-3-2-7(4-8(10)13-15)5-14(9)12-6/h2-3,5,15H,4H2,1H3,(H2,10,13). The number of aromatic nitrogens is 3. The Labute approximate surface area is 86.0 Å². The van der Waals surface area contributed by atoms with Crippen molar-refractivity contribution in [2.75, 3.05) is 0 Å². The lowest BCUT2D eigenvalue weighted by Crippen LogP contribution is -2.14. The zero-order chi connectivity index (χ0) is 10.8. The van der Waals surface area contributed by atoms with Gasteiger partial charge in [0, 0.05) is 12.6 Å². The number of nitrogens with zero attached hydrogens (tertiary/aromatic N) is 4. The molecule has 0 aliphatic carbocycles. The van der Waals surface area contributed by atoms with Crippen molar-refractivity contribution in [2.24, 2.45) is 10.9 Å². The second kappa shape index (κ2) is 3.56. The fraction of sp³-hybridized carbons (Fsp3) is 0.222. The summed E-state index contributed by atoms with van der Waals surface area (Å²) in [5.74, 6) is 0.891. The lowest BCUT2D eigenvalue weighted by Gasteiger charge is -1.99. The lowest BCUT2D eigenvalue weighted by molar-refractivity contribution is 0.317. The first-order chi connectivity index (χ1) is 7.19. The van der Waals surface area contributed by atoms with Gasteiger partial charge in [-0.2, -0.15) is 5.10 Å². The number of nitrogens with two attached hydrogens (primary N) is 1. The molecule has 0 saturated heterocycles. The molecular weight excluding hydrogens is 194 g/mol. The highest BCUT2D eigenvalue weighted by Gasteiger charge is 2.02. The third kappa shape index (κ3) is 1.88. The Morgan fingerprint density at radius 3 is 3.13 bits per heavy atom. The van der Waals surface area contributed by atoms with Gasteiger partial charge in [-0.25, -0.2) is 9.50 Å². The van der Waals surface area contributed by atoms with Gasteiger partial charge in [-0.15, -0.1) is 0 Å². The summed E-state index contributed by atoms with van der Waals surface area (Å²) in [6.45, 7) is 1.83. The quantitative estimate of drug-likeness (QED) is 0.320. The topological polar surface area (TPSA) is 88.8 Å². The van der Waals surface area contributed by atoms with E-state index in [2.05, 4.69) is 15.2 Å². The molecule has 2 rings (SSSR count). The SMILES string of the molecule is Cc1nc2ccc(C/C(N)=N/O)cn2n1. The fourth-order valence-electron chi connectivity index (χ4n) is 1.39. The van der Waals surface area contributed by atoms with Crippen molar-refractivity contribution in [1.82, 2.24) is 14.6 Å². The Morgan fingerprint density at radius 1 is 1.60 bits per heavy atom. The van der Waals surface area contributed by atoms with Crippen molar-refractivity contribution in [2.45, 2.75) is 13.3 Å². The summed E-state index contributed by atoms with van der Waals surface area (Å²) < 4.78 is 1.68. The van der Waals surface area contributed by atoms with E-state index in [9.17, 15) is 0 Å². The first-order valence-corrected chi connectivity index (χ1v) is 4.47. The summed E-state index contributed by atoms with van der Waals surface area (Å²) >= 11 is 0. The van der Waals surface area contributed by atoms with Gasteiger partial charge in [-0.3, -0.25) is 0 Å². The van der Waals surface area contributed by atoms with E-state index in [0.717, 1.165) is 17.0 Å². The maximum absolute atomic E-state index is 8.44. The molecule has 0 aromatic carbocycles. The third-order valence-corrected chi connectivity index (χ3v) is 2.01. The molecule has 0 radical (unpaired) electrons. The van der Waals surface area contributed by atoms with Crippen LogP contribution < -0.4 is 5.73 Å². The Kier molecular flexibility index (Phi) is 2.24. The van der Waals surface area contributed by atoms with E-state index in [-0.39, 0.29) is 5.84 Å². The highest BCUT2D eigenvalue weighted by atomic mass is 16.4. The molecule has 0 unspecified atom stereocenters. The average molecular weight is 205 g/mol. The molecule has 6 heteroatoms. The van der Waals surface area contributed by atoms with Crippen LogP contribution in [0.2, 0.25) is 0 Å². The van der Waals surface area contributed by atoms with Crippen LogP contribution in [0.4, 0.5) is 0 Å². The van der Waals surface area contributed by atoms with Gasteiger partial charge >= 0.3 is 0 Å². The molecule has 0 saturated carbocycles. The van der Waals surface area contributed by atoms with Gasteiger partial charge in [0.25, 0.3) is 0 Å². The lowest BCUT2D eigenvalue weighted by atomic mass is 10.2. The van der Waals surface area contributed by atoms with Crippen LogP contribution in [0, 0.1) is 6.92 Å². The Morgan fingerprint density at radius 2 is 2.40 bits per heavy atom. The molecule has 6 nitrogen and oxygen atoms in total. The minimum Gasteiger partial charge on any atom is -0.409 e. The maximum atomic E-state index is 8.44. The zero-order valence-electron chi connectivity index (χ0n) is 8.25. The normalized spacial score (nSPS) is 12.2. The van der Waals surface area contributed by atoms with Crippen LogP contribution in [0.25, 0.3) is 5.65 Å². The number of rotatable bonds is 2. The largest absolute Gasteiger partial charge is 0.409 e. The van der Waals surface area contributed by atoms with Crippen LogP contribution in [-0.2, 0) is 6.42 Å². The number of hydrogen-bond acceptors (Lipinski definition) is 4. The minimum absolute atomic E-state index is 0.172. The number of fused-ring (bicyclic) bond motifs is 1. The van der Waals surface area contributed by atoms with Crippen LogP contribution in [0.5, 0.6) is 0 Å². The van der Waals surface area contributed by atoms with E-state index in [1.165, 1.54) is 0 Å². The maximum Gasteiger partial charge on any atom is 0.155 e. The molecule has 0 atom stereocenters. The van der Waals surface area contributed by atoms with E-state index >= 15 is 0 Å². The Bertz CT molecular complexity index is 516. The summed E-state index contributed by atoms with van der Waals surface area (Å²) in [6, 6.07) is 3.72. The van der Waals surface area contributed by atoms with E-state index in [1.54, 1.807) is 4.52 Å². The van der Waals surface area contributed by atoms with Crippen LogP contribution >= 0.6 is 0 Å². The smallest absolute Gasteiger partial charge is 0.155 e. The van der Waals surface area contributed by atoms with Crippen LogP contribution in [0.15, 0.2) is 23.5 Å². The summed E-state index contributed by atoms with van der Waals surface area (Å²) in [7, 11) is 0. The fourth-order valence-corrected chi connectivity index (χ4v) is 1.39. The van der Waals surface area contributed by atoms with Gasteiger partial charge < -0.3 is 10.9 Å². The van der Waals surface area contributed by atoms with Gasteiger partial charge in [0.2, 0.25) is 0 Å². The molecule has 78 valence electrons. The predicted molar refractivity (Wildman–Crippen MR) is 54.8 cm³/mol. The Balaban J connectivity index is 2.38. The van der Waals surface area contributed by atoms with Gasteiger partial charge in [0.1, 0.15) is 11.7 Å². The molecule has 3 N–H and O–H groups in total. The van der Waals surface area contributed by atoms with Gasteiger partial charge in [0.15, 0.2) is 5.65 Å². The van der Waals surface area contributed by atoms with Crippen molar-refractivity contribution in [1.29, 1.82) is 0 Å². The van der Waals surface area contributed by atoms with Gasteiger partial charge in [-0.05, 0) is 18.6 Å². The summed E-state index contributed by atoms with van der Waals surface area (Å²) in [5, 5.41) is 15.5. The van der Waals surface area contributed by atoms with Crippen molar-refractivity contribution in [3.05, 3.63) is 29.7 Å². The third-order valence-electron chi connectivity index (χ3n) is 2.01. The second-order valence-electron chi connectivity index (χ2n) is 3.27. The first kappa shape index (κ1) is 9.45. The molecule has 2 aromatic heterocycles. The monoisotopic (exact) mass is 205 g/mol. The van der Waals surface area contributed by atoms with Crippen molar-refractivity contribution in [3.63, 3.8) is 0 Å². The molecule has 0 spiro atoms. The Hall–Kier alpha value is -2.11. The van der Waals surface area contributed by atoms with E-state index in [4.69, 9.17) is 10.9 Å². The summed E-state index contributed by atoms with van der Waals surface area (Å²) in [4.78, 5) is 4.19. The molecule has 0 bridgehead atoms. The summed E-state index contributed by atoms with van der Waals surface area (Å²) in [6.07, 6.45) is 2.21. The summed E-state index contributed by atoms with van der Waals surface area (Å²) in [5.41, 5.74) is 7.12. The van der Waals surface area contributed by atoms with Crippen molar-refractivity contribution in [3.8, 4) is 0 Å². The molecule has 0 aliphatic rings. The van der Waals surface area contributed by atoms with Gasteiger partial charge in [0.05, 0.1) is 0 Å². The zero-order valence-corrected chi connectivity index (χ0v) is 8.25. The van der Waals surface area contributed by atoms with Gasteiger partial charge in [-0.1, -0.05) is 11.2 Å². The molecule has 2 heterocycles. The van der Waals surface area contributed by atoms with Crippen molar-refractivity contribution >= 4 is 11.5 Å². The molecule has 2 aromatic rings. The van der Waals surface area contributed by atoms with Crippen LogP contribution in [0.3, 0.4) is 0 Å². The average Bonchev–Trinajstić information content (AvgIpc) is 2.57.